The molecule has 5 heteroatoms. The van der Waals surface area contributed by atoms with Crippen LogP contribution in [0.25, 0.3) is 27.8 Å². The number of aryl methyl sites for hydroxylation is 1. The number of nitrogen functional groups attached to an aromatic ring is 1. The Balaban J connectivity index is 1.52. The molecule has 0 bridgehead atoms. The van der Waals surface area contributed by atoms with Gasteiger partial charge in [-0.25, -0.2) is 4.98 Å². The zero-order valence-corrected chi connectivity index (χ0v) is 18.5. The van der Waals surface area contributed by atoms with Crippen LogP contribution < -0.4 is 5.73 Å². The van der Waals surface area contributed by atoms with E-state index in [9.17, 15) is 0 Å². The quantitative estimate of drug-likeness (QED) is 0.424. The Morgan fingerprint density at radius 2 is 1.88 bits per heavy atom. The maximum absolute atomic E-state index is 5.76. The average molecular weight is 423 g/mol. The first-order chi connectivity index (χ1) is 15.5. The summed E-state index contributed by atoms with van der Waals surface area (Å²) in [7, 11) is 0. The predicted octanol–water partition coefficient (Wildman–Crippen LogP) is 6.22. The van der Waals surface area contributed by atoms with Crippen LogP contribution in [0.2, 0.25) is 0 Å². The Labute approximate surface area is 187 Å². The third kappa shape index (κ3) is 3.56. The number of hydrogen-bond acceptors (Lipinski definition) is 5. The number of aliphatic imine (C=N–C) groups is 1. The van der Waals surface area contributed by atoms with Gasteiger partial charge in [0.25, 0.3) is 0 Å². The number of rotatable bonds is 4. The Bertz CT molecular complexity index is 1330. The largest absolute Gasteiger partial charge is 0.464 e. The normalized spacial score (nSPS) is 16.9. The van der Waals surface area contributed by atoms with Gasteiger partial charge in [0.1, 0.15) is 17.6 Å². The first-order valence-corrected chi connectivity index (χ1v) is 10.8. The zero-order chi connectivity index (χ0) is 22.2. The topological polar surface area (TPSA) is 67.7 Å². The van der Waals surface area contributed by atoms with Crippen LogP contribution in [0, 0.1) is 6.92 Å². The molecule has 2 atom stereocenters. The highest BCUT2D eigenvalue weighted by Crippen LogP contribution is 2.36. The van der Waals surface area contributed by atoms with Crippen LogP contribution in [0.3, 0.4) is 0 Å². The minimum absolute atomic E-state index is 0.0213. The molecular formula is C27H26N4O. The maximum Gasteiger partial charge on any atom is 0.134 e. The van der Waals surface area contributed by atoms with Crippen molar-refractivity contribution in [3.8, 4) is 11.1 Å². The van der Waals surface area contributed by atoms with Crippen LogP contribution in [0.1, 0.15) is 36.6 Å². The lowest BCUT2D eigenvalue weighted by Gasteiger charge is -2.38. The van der Waals surface area contributed by atoms with E-state index in [2.05, 4.69) is 78.1 Å². The molecule has 5 nitrogen and oxygen atoms in total. The van der Waals surface area contributed by atoms with E-state index < -0.39 is 0 Å². The molecule has 160 valence electrons. The van der Waals surface area contributed by atoms with Crippen LogP contribution in [0.4, 0.5) is 5.82 Å². The van der Waals surface area contributed by atoms with Crippen LogP contribution in [0.15, 0.2) is 82.5 Å². The molecule has 0 spiro atoms. The fourth-order valence-corrected chi connectivity index (χ4v) is 4.41. The molecule has 2 aromatic carbocycles. The van der Waals surface area contributed by atoms with E-state index in [1.54, 1.807) is 0 Å². The van der Waals surface area contributed by atoms with Crippen molar-refractivity contribution in [1.82, 2.24) is 9.88 Å². The van der Waals surface area contributed by atoms with E-state index in [1.807, 2.05) is 36.9 Å². The number of benzene rings is 2. The molecule has 4 aromatic rings. The van der Waals surface area contributed by atoms with E-state index in [0.29, 0.717) is 5.82 Å². The van der Waals surface area contributed by atoms with Crippen molar-refractivity contribution in [3.05, 3.63) is 89.8 Å². The van der Waals surface area contributed by atoms with Crippen molar-refractivity contribution in [1.29, 1.82) is 0 Å². The van der Waals surface area contributed by atoms with Gasteiger partial charge in [0.05, 0.1) is 12.3 Å². The third-order valence-electron chi connectivity index (χ3n) is 6.18. The number of allylic oxidation sites excluding steroid dienone is 1. The summed E-state index contributed by atoms with van der Waals surface area (Å²) < 4.78 is 5.65. The summed E-state index contributed by atoms with van der Waals surface area (Å²) in [5, 5.41) is 1.14. The zero-order valence-electron chi connectivity index (χ0n) is 18.5. The Hall–Kier alpha value is -3.86. The number of furan rings is 1. The number of pyridine rings is 1. The SMILES string of the molecule is Cc1coc2ccc(C3=CC=NC(C)N3[C@@H](C)c3cccc(-c4ccc(N)nc4)c3)cc12. The van der Waals surface area contributed by atoms with E-state index in [1.165, 1.54) is 5.56 Å². The predicted molar refractivity (Wildman–Crippen MR) is 131 cm³/mol. The van der Waals surface area contributed by atoms with E-state index in [-0.39, 0.29) is 12.2 Å². The lowest BCUT2D eigenvalue weighted by atomic mass is 9.97. The standard InChI is InChI=1S/C27H26N4O/c1-17-16-32-26-9-7-22(14-24(17)26)25-11-12-29-19(3)31(25)18(2)20-5-4-6-21(13-20)23-8-10-27(28)30-15-23/h4-16,18-19H,1-3H3,(H2,28,30)/t18-,19?/m0/s1. The first kappa shape index (κ1) is 20.1. The van der Waals surface area contributed by atoms with Gasteiger partial charge in [-0.1, -0.05) is 18.2 Å². The first-order valence-electron chi connectivity index (χ1n) is 10.8. The molecule has 3 heterocycles. The molecule has 2 N–H and O–H groups in total. The highest BCUT2D eigenvalue weighted by Gasteiger charge is 2.26. The average Bonchev–Trinajstić information content (AvgIpc) is 3.19. The van der Waals surface area contributed by atoms with Crippen molar-refractivity contribution in [2.75, 3.05) is 5.73 Å². The molecule has 0 amide bonds. The highest BCUT2D eigenvalue weighted by atomic mass is 16.3. The van der Waals surface area contributed by atoms with E-state index >= 15 is 0 Å². The molecule has 5 rings (SSSR count). The number of nitrogens with zero attached hydrogens (tertiary/aromatic N) is 3. The van der Waals surface area contributed by atoms with Gasteiger partial charge in [-0.15, -0.1) is 0 Å². The molecule has 0 saturated carbocycles. The fraction of sp³-hybridized carbons (Fsp3) is 0.185. The van der Waals surface area contributed by atoms with Crippen LogP contribution in [-0.2, 0) is 0 Å². The molecule has 0 fully saturated rings. The molecule has 0 aliphatic carbocycles. The van der Waals surface area contributed by atoms with Crippen molar-refractivity contribution in [2.24, 2.45) is 4.99 Å². The van der Waals surface area contributed by atoms with Gasteiger partial charge in [0, 0.05) is 29.1 Å². The molecule has 0 radical (unpaired) electrons. The minimum Gasteiger partial charge on any atom is -0.464 e. The van der Waals surface area contributed by atoms with Crippen LogP contribution in [0.5, 0.6) is 0 Å². The highest BCUT2D eigenvalue weighted by molar-refractivity contribution is 5.90. The van der Waals surface area contributed by atoms with E-state index in [4.69, 9.17) is 10.2 Å². The molecular weight excluding hydrogens is 396 g/mol. The maximum atomic E-state index is 5.76. The molecule has 1 aliphatic heterocycles. The minimum atomic E-state index is 0.0213. The monoisotopic (exact) mass is 422 g/mol. The summed E-state index contributed by atoms with van der Waals surface area (Å²) in [6, 6.07) is 18.9. The van der Waals surface area contributed by atoms with Gasteiger partial charge < -0.3 is 15.1 Å². The summed E-state index contributed by atoms with van der Waals surface area (Å²) in [5.41, 5.74) is 13.5. The summed E-state index contributed by atoms with van der Waals surface area (Å²) in [6.07, 6.45) is 7.66. The van der Waals surface area contributed by atoms with Crippen LogP contribution in [-0.4, -0.2) is 22.3 Å². The molecule has 32 heavy (non-hydrogen) atoms. The number of anilines is 1. The lowest BCUT2D eigenvalue weighted by molar-refractivity contribution is 0.252. The summed E-state index contributed by atoms with van der Waals surface area (Å²) in [5.74, 6) is 0.526. The number of nitrogens with two attached hydrogens (primary N) is 1. The fourth-order valence-electron chi connectivity index (χ4n) is 4.41. The Morgan fingerprint density at radius 3 is 2.69 bits per heavy atom. The Kier molecular flexibility index (Phi) is 5.02. The second kappa shape index (κ2) is 8.00. The number of hydrogen-bond donors (Lipinski definition) is 1. The van der Waals surface area contributed by atoms with Gasteiger partial charge in [0.15, 0.2) is 0 Å². The van der Waals surface area contributed by atoms with E-state index in [0.717, 1.165) is 38.9 Å². The molecule has 0 saturated heterocycles. The molecule has 2 aromatic heterocycles. The second-order valence-corrected chi connectivity index (χ2v) is 8.29. The molecule has 1 unspecified atom stereocenters. The number of fused-ring (bicyclic) bond motifs is 1. The second-order valence-electron chi connectivity index (χ2n) is 8.29. The van der Waals surface area contributed by atoms with Gasteiger partial charge in [-0.05, 0) is 85.5 Å². The lowest BCUT2D eigenvalue weighted by Crippen LogP contribution is -2.34. The van der Waals surface area contributed by atoms with Gasteiger partial charge in [-0.2, -0.15) is 0 Å². The van der Waals surface area contributed by atoms with Crippen molar-refractivity contribution < 1.29 is 4.42 Å². The smallest absolute Gasteiger partial charge is 0.134 e. The van der Waals surface area contributed by atoms with Gasteiger partial charge in [-0.3, -0.25) is 4.99 Å². The Morgan fingerprint density at radius 1 is 1.03 bits per heavy atom. The summed E-state index contributed by atoms with van der Waals surface area (Å²) in [6.45, 7) is 6.44. The number of aromatic nitrogens is 1. The van der Waals surface area contributed by atoms with Crippen molar-refractivity contribution in [2.45, 2.75) is 33.0 Å². The van der Waals surface area contributed by atoms with Gasteiger partial charge in [0.2, 0.25) is 0 Å². The van der Waals surface area contributed by atoms with Gasteiger partial charge >= 0.3 is 0 Å². The molecule has 1 aliphatic rings. The summed E-state index contributed by atoms with van der Waals surface area (Å²) >= 11 is 0. The van der Waals surface area contributed by atoms with Crippen molar-refractivity contribution >= 4 is 28.7 Å². The third-order valence-corrected chi connectivity index (χ3v) is 6.18. The van der Waals surface area contributed by atoms with Crippen molar-refractivity contribution in [3.63, 3.8) is 0 Å². The van der Waals surface area contributed by atoms with Crippen LogP contribution >= 0.6 is 0 Å². The summed E-state index contributed by atoms with van der Waals surface area (Å²) in [4.78, 5) is 11.3.